The molecule has 0 saturated heterocycles. The van der Waals surface area contributed by atoms with Crippen LogP contribution in [0.15, 0.2) is 5.38 Å². The topological polar surface area (TPSA) is 88.2 Å². The van der Waals surface area contributed by atoms with E-state index in [1.807, 2.05) is 0 Å². The molecule has 0 aliphatic heterocycles. The molecule has 2 rings (SSSR count). The van der Waals surface area contributed by atoms with Gasteiger partial charge in [0.25, 0.3) is 0 Å². The van der Waals surface area contributed by atoms with Crippen molar-refractivity contribution in [3.05, 3.63) is 11.1 Å². The second-order valence-corrected chi connectivity index (χ2v) is 6.12. The standard InChI is InChI=1S/C12H19N3O2S/c1-7(2)12(3-4-12)6-14-11-15-8(5-18-11)9(13)10(16)17/h5,7,9H,3-4,6,13H2,1-2H3,(H,14,15)(H,16,17). The minimum absolute atomic E-state index is 0.404. The second-order valence-electron chi connectivity index (χ2n) is 5.26. The maximum atomic E-state index is 10.7. The fourth-order valence-corrected chi connectivity index (χ4v) is 2.75. The summed E-state index contributed by atoms with van der Waals surface area (Å²) >= 11 is 1.41. The number of carboxylic acids is 1. The molecule has 0 amide bonds. The summed E-state index contributed by atoms with van der Waals surface area (Å²) in [7, 11) is 0. The van der Waals surface area contributed by atoms with Crippen LogP contribution >= 0.6 is 11.3 Å². The largest absolute Gasteiger partial charge is 0.480 e. The summed E-state index contributed by atoms with van der Waals surface area (Å²) in [6.45, 7) is 5.38. The van der Waals surface area contributed by atoms with Gasteiger partial charge in [-0.25, -0.2) is 4.98 Å². The third kappa shape index (κ3) is 2.64. The number of rotatable bonds is 6. The Morgan fingerprint density at radius 3 is 2.83 bits per heavy atom. The molecule has 18 heavy (non-hydrogen) atoms. The molecule has 1 fully saturated rings. The van der Waals surface area contributed by atoms with Crippen molar-refractivity contribution in [1.82, 2.24) is 4.98 Å². The zero-order valence-electron chi connectivity index (χ0n) is 10.6. The molecule has 1 saturated carbocycles. The lowest BCUT2D eigenvalue weighted by Gasteiger charge is -2.19. The van der Waals surface area contributed by atoms with Crippen molar-refractivity contribution in [1.29, 1.82) is 0 Å². The molecule has 0 aromatic carbocycles. The number of thiazole rings is 1. The van der Waals surface area contributed by atoms with Crippen molar-refractivity contribution in [2.24, 2.45) is 17.1 Å². The number of carbonyl (C=O) groups is 1. The second kappa shape index (κ2) is 4.85. The predicted molar refractivity (Wildman–Crippen MR) is 71.7 cm³/mol. The van der Waals surface area contributed by atoms with Gasteiger partial charge in [-0.05, 0) is 24.2 Å². The quantitative estimate of drug-likeness (QED) is 0.736. The Labute approximate surface area is 110 Å². The highest BCUT2D eigenvalue weighted by molar-refractivity contribution is 7.13. The first kappa shape index (κ1) is 13.3. The minimum atomic E-state index is -1.05. The van der Waals surface area contributed by atoms with E-state index < -0.39 is 12.0 Å². The Bertz CT molecular complexity index is 440. The molecule has 4 N–H and O–H groups in total. The molecule has 6 heteroatoms. The lowest BCUT2D eigenvalue weighted by Crippen LogP contribution is -2.22. The molecular formula is C12H19N3O2S. The summed E-state index contributed by atoms with van der Waals surface area (Å²) in [4.78, 5) is 15.0. The molecule has 5 nitrogen and oxygen atoms in total. The normalized spacial score (nSPS) is 18.7. The summed E-state index contributed by atoms with van der Waals surface area (Å²) in [5.41, 5.74) is 6.33. The molecule has 1 aliphatic rings. The van der Waals surface area contributed by atoms with E-state index in [1.54, 1.807) is 5.38 Å². The Balaban J connectivity index is 1.93. The van der Waals surface area contributed by atoms with Gasteiger partial charge in [0.15, 0.2) is 5.13 Å². The first-order valence-corrected chi connectivity index (χ1v) is 7.00. The van der Waals surface area contributed by atoms with Crippen LogP contribution < -0.4 is 11.1 Å². The summed E-state index contributed by atoms with van der Waals surface area (Å²) in [6.07, 6.45) is 2.51. The number of aromatic nitrogens is 1. The smallest absolute Gasteiger partial charge is 0.326 e. The SMILES string of the molecule is CC(C)C1(CNc2nc(C(N)C(=O)O)cs2)CC1. The first-order valence-electron chi connectivity index (χ1n) is 6.12. The van der Waals surface area contributed by atoms with Gasteiger partial charge in [-0.1, -0.05) is 13.8 Å². The van der Waals surface area contributed by atoms with Crippen molar-refractivity contribution >= 4 is 22.4 Å². The van der Waals surface area contributed by atoms with Crippen LogP contribution in [0.2, 0.25) is 0 Å². The third-order valence-corrected chi connectivity index (χ3v) is 4.63. The predicted octanol–water partition coefficient (Wildman–Crippen LogP) is 2.08. The van der Waals surface area contributed by atoms with Crippen molar-refractivity contribution in [3.63, 3.8) is 0 Å². The molecule has 0 radical (unpaired) electrons. The summed E-state index contributed by atoms with van der Waals surface area (Å²) < 4.78 is 0. The van der Waals surface area contributed by atoms with Gasteiger partial charge in [-0.15, -0.1) is 11.3 Å². The lowest BCUT2D eigenvalue weighted by atomic mass is 9.92. The maximum absolute atomic E-state index is 10.7. The summed E-state index contributed by atoms with van der Waals surface area (Å²) in [6, 6.07) is -1.03. The van der Waals surface area contributed by atoms with Crippen molar-refractivity contribution in [2.45, 2.75) is 32.7 Å². The number of carboxylic acid groups (broad SMARTS) is 1. The van der Waals surface area contributed by atoms with Gasteiger partial charge in [-0.3, -0.25) is 4.79 Å². The van der Waals surface area contributed by atoms with Gasteiger partial charge in [0.1, 0.15) is 6.04 Å². The van der Waals surface area contributed by atoms with Crippen LogP contribution in [-0.4, -0.2) is 22.6 Å². The molecule has 0 spiro atoms. The molecule has 1 heterocycles. The maximum Gasteiger partial charge on any atom is 0.326 e. The average molecular weight is 269 g/mol. The number of hydrogen-bond donors (Lipinski definition) is 3. The van der Waals surface area contributed by atoms with Crippen LogP contribution in [0, 0.1) is 11.3 Å². The fraction of sp³-hybridized carbons (Fsp3) is 0.667. The van der Waals surface area contributed by atoms with Crippen LogP contribution in [0.3, 0.4) is 0 Å². The van der Waals surface area contributed by atoms with E-state index in [2.05, 4.69) is 24.1 Å². The zero-order valence-corrected chi connectivity index (χ0v) is 11.5. The van der Waals surface area contributed by atoms with E-state index in [4.69, 9.17) is 10.8 Å². The highest BCUT2D eigenvalue weighted by Gasteiger charge is 2.45. The molecule has 1 aromatic rings. The monoisotopic (exact) mass is 269 g/mol. The first-order chi connectivity index (χ1) is 8.44. The molecule has 100 valence electrons. The van der Waals surface area contributed by atoms with E-state index in [-0.39, 0.29) is 0 Å². The molecule has 1 aliphatic carbocycles. The number of nitrogens with one attached hydrogen (secondary N) is 1. The summed E-state index contributed by atoms with van der Waals surface area (Å²) in [5, 5.41) is 14.6. The molecular weight excluding hydrogens is 250 g/mol. The molecule has 0 bridgehead atoms. The summed E-state index contributed by atoms with van der Waals surface area (Å²) in [5.74, 6) is -0.390. The van der Waals surface area contributed by atoms with Crippen LogP contribution in [0.4, 0.5) is 5.13 Å². The number of aliphatic carboxylic acids is 1. The van der Waals surface area contributed by atoms with Gasteiger partial charge in [0, 0.05) is 11.9 Å². The minimum Gasteiger partial charge on any atom is -0.480 e. The Morgan fingerprint density at radius 2 is 2.33 bits per heavy atom. The van der Waals surface area contributed by atoms with E-state index in [0.29, 0.717) is 17.0 Å². The van der Waals surface area contributed by atoms with E-state index in [9.17, 15) is 4.79 Å². The number of anilines is 1. The average Bonchev–Trinajstić information content (AvgIpc) is 2.97. The van der Waals surface area contributed by atoms with Crippen molar-refractivity contribution in [3.8, 4) is 0 Å². The van der Waals surface area contributed by atoms with E-state index in [1.165, 1.54) is 24.2 Å². The third-order valence-electron chi connectivity index (χ3n) is 3.82. The van der Waals surface area contributed by atoms with Gasteiger partial charge in [0.2, 0.25) is 0 Å². The van der Waals surface area contributed by atoms with Crippen molar-refractivity contribution in [2.75, 3.05) is 11.9 Å². The number of hydrogen-bond acceptors (Lipinski definition) is 5. The molecule has 1 unspecified atom stereocenters. The van der Waals surface area contributed by atoms with Gasteiger partial charge < -0.3 is 16.2 Å². The Morgan fingerprint density at radius 1 is 1.67 bits per heavy atom. The fourth-order valence-electron chi connectivity index (χ4n) is 2.01. The number of nitrogens with two attached hydrogens (primary N) is 1. The van der Waals surface area contributed by atoms with Crippen LogP contribution in [-0.2, 0) is 4.79 Å². The molecule has 1 atom stereocenters. The van der Waals surface area contributed by atoms with Gasteiger partial charge in [0.05, 0.1) is 5.69 Å². The Hall–Kier alpha value is -1.14. The van der Waals surface area contributed by atoms with Gasteiger partial charge >= 0.3 is 5.97 Å². The Kier molecular flexibility index (Phi) is 3.59. The van der Waals surface area contributed by atoms with Crippen LogP contribution in [0.25, 0.3) is 0 Å². The molecule has 1 aromatic heterocycles. The lowest BCUT2D eigenvalue weighted by molar-refractivity contribution is -0.138. The highest BCUT2D eigenvalue weighted by Crippen LogP contribution is 2.51. The van der Waals surface area contributed by atoms with Crippen LogP contribution in [0.1, 0.15) is 38.4 Å². The highest BCUT2D eigenvalue weighted by atomic mass is 32.1. The van der Waals surface area contributed by atoms with E-state index >= 15 is 0 Å². The zero-order chi connectivity index (χ0) is 13.3. The number of nitrogens with zero attached hydrogens (tertiary/aromatic N) is 1. The van der Waals surface area contributed by atoms with E-state index in [0.717, 1.165) is 11.7 Å². The van der Waals surface area contributed by atoms with Crippen molar-refractivity contribution < 1.29 is 9.90 Å². The van der Waals surface area contributed by atoms with Crippen LogP contribution in [0.5, 0.6) is 0 Å². The van der Waals surface area contributed by atoms with Gasteiger partial charge in [-0.2, -0.15) is 0 Å².